The van der Waals surface area contributed by atoms with Crippen LogP contribution in [0.15, 0.2) is 35.6 Å². The molecule has 2 aromatic rings. The lowest BCUT2D eigenvalue weighted by molar-refractivity contribution is -0.355. The maximum atomic E-state index is 12.4. The number of fused-ring (bicyclic) bond motifs is 1. The van der Waals surface area contributed by atoms with Crippen LogP contribution in [0.5, 0.6) is 0 Å². The van der Waals surface area contributed by atoms with Crippen LogP contribution >= 0.6 is 0 Å². The van der Waals surface area contributed by atoms with Gasteiger partial charge < -0.3 is 9.97 Å². The Labute approximate surface area is 112 Å². The first-order valence-corrected chi connectivity index (χ1v) is 5.82. The van der Waals surface area contributed by atoms with Crippen LogP contribution in [0.25, 0.3) is 11.0 Å². The van der Waals surface area contributed by atoms with Crippen LogP contribution in [-0.4, -0.2) is 21.9 Å². The number of rotatable bonds is 4. The number of halogens is 3. The normalized spacial score (nSPS) is 15.2. The molecule has 2 rings (SSSR count). The summed E-state index contributed by atoms with van der Waals surface area (Å²) in [5, 5.41) is 0. The SMILES string of the molecule is C=CC(C)(Cc1ccc2[nH]c(=O)[nH]c2c1)OC(F)(F)F. The van der Waals surface area contributed by atoms with Crippen LogP contribution < -0.4 is 5.69 Å². The van der Waals surface area contributed by atoms with E-state index in [4.69, 9.17) is 0 Å². The number of aromatic amines is 2. The van der Waals surface area contributed by atoms with Gasteiger partial charge in [-0.1, -0.05) is 12.1 Å². The average Bonchev–Trinajstić information content (AvgIpc) is 2.66. The number of hydrogen-bond acceptors (Lipinski definition) is 2. The molecule has 1 aromatic heterocycles. The highest BCUT2D eigenvalue weighted by molar-refractivity contribution is 5.75. The van der Waals surface area contributed by atoms with Crippen LogP contribution in [0.4, 0.5) is 13.2 Å². The fourth-order valence-electron chi connectivity index (χ4n) is 2.01. The van der Waals surface area contributed by atoms with Crippen molar-refractivity contribution in [2.75, 3.05) is 0 Å². The number of hydrogen-bond donors (Lipinski definition) is 2. The topological polar surface area (TPSA) is 57.9 Å². The smallest absolute Gasteiger partial charge is 0.306 e. The summed E-state index contributed by atoms with van der Waals surface area (Å²) in [5.41, 5.74) is -0.209. The fraction of sp³-hybridized carbons (Fsp3) is 0.308. The van der Waals surface area contributed by atoms with E-state index in [1.54, 1.807) is 18.2 Å². The molecule has 0 aliphatic carbocycles. The third-order valence-corrected chi connectivity index (χ3v) is 2.92. The predicted molar refractivity (Wildman–Crippen MR) is 68.4 cm³/mol. The van der Waals surface area contributed by atoms with Crippen LogP contribution in [-0.2, 0) is 11.2 Å². The highest BCUT2D eigenvalue weighted by atomic mass is 19.4. The van der Waals surface area contributed by atoms with Gasteiger partial charge in [0, 0.05) is 6.42 Å². The molecule has 2 N–H and O–H groups in total. The van der Waals surface area contributed by atoms with Crippen molar-refractivity contribution >= 4 is 11.0 Å². The average molecular weight is 286 g/mol. The summed E-state index contributed by atoms with van der Waals surface area (Å²) in [4.78, 5) is 16.2. The summed E-state index contributed by atoms with van der Waals surface area (Å²) in [6.45, 7) is 4.69. The van der Waals surface area contributed by atoms with E-state index < -0.39 is 12.0 Å². The van der Waals surface area contributed by atoms with E-state index in [0.29, 0.717) is 16.6 Å². The molecule has 0 bridgehead atoms. The largest absolute Gasteiger partial charge is 0.523 e. The summed E-state index contributed by atoms with van der Waals surface area (Å²) in [6, 6.07) is 4.86. The van der Waals surface area contributed by atoms with Crippen LogP contribution in [0, 0.1) is 0 Å². The second-order valence-electron chi connectivity index (χ2n) is 4.70. The number of benzene rings is 1. The molecule has 0 aliphatic heterocycles. The third kappa shape index (κ3) is 3.30. The zero-order chi connectivity index (χ0) is 15.0. The van der Waals surface area contributed by atoms with E-state index in [1.807, 2.05) is 0 Å². The summed E-state index contributed by atoms with van der Waals surface area (Å²) in [5.74, 6) is 0. The fourth-order valence-corrected chi connectivity index (χ4v) is 2.01. The van der Waals surface area contributed by atoms with E-state index in [-0.39, 0.29) is 12.1 Å². The summed E-state index contributed by atoms with van der Waals surface area (Å²) in [6.07, 6.45) is -3.64. The van der Waals surface area contributed by atoms with Crippen molar-refractivity contribution in [1.82, 2.24) is 9.97 Å². The molecule has 0 spiro atoms. The Morgan fingerprint density at radius 2 is 1.95 bits per heavy atom. The summed E-state index contributed by atoms with van der Waals surface area (Å²) < 4.78 is 41.2. The maximum Gasteiger partial charge on any atom is 0.523 e. The van der Waals surface area contributed by atoms with Gasteiger partial charge in [-0.2, -0.15) is 0 Å². The van der Waals surface area contributed by atoms with Crippen molar-refractivity contribution in [2.45, 2.75) is 25.3 Å². The van der Waals surface area contributed by atoms with Gasteiger partial charge in [0.1, 0.15) is 0 Å². The van der Waals surface area contributed by atoms with Gasteiger partial charge in [-0.3, -0.25) is 4.74 Å². The first-order valence-electron chi connectivity index (χ1n) is 5.82. The van der Waals surface area contributed by atoms with Crippen LogP contribution in [0.1, 0.15) is 12.5 Å². The van der Waals surface area contributed by atoms with E-state index in [1.165, 1.54) is 6.92 Å². The third-order valence-electron chi connectivity index (χ3n) is 2.92. The molecule has 108 valence electrons. The highest BCUT2D eigenvalue weighted by Gasteiger charge is 2.39. The van der Waals surface area contributed by atoms with Crippen molar-refractivity contribution < 1.29 is 17.9 Å². The van der Waals surface area contributed by atoms with E-state index in [2.05, 4.69) is 21.3 Å². The van der Waals surface area contributed by atoms with Crippen molar-refractivity contribution in [3.63, 3.8) is 0 Å². The molecule has 20 heavy (non-hydrogen) atoms. The summed E-state index contributed by atoms with van der Waals surface area (Å²) >= 11 is 0. The van der Waals surface area contributed by atoms with Gasteiger partial charge >= 0.3 is 12.1 Å². The van der Waals surface area contributed by atoms with E-state index in [0.717, 1.165) is 6.08 Å². The van der Waals surface area contributed by atoms with E-state index >= 15 is 0 Å². The monoisotopic (exact) mass is 286 g/mol. The van der Waals surface area contributed by atoms with Crippen molar-refractivity contribution in [2.24, 2.45) is 0 Å². The quantitative estimate of drug-likeness (QED) is 0.849. The molecule has 0 fully saturated rings. The Hall–Kier alpha value is -2.02. The van der Waals surface area contributed by atoms with Gasteiger partial charge in [0.2, 0.25) is 0 Å². The van der Waals surface area contributed by atoms with Crippen molar-refractivity contribution in [1.29, 1.82) is 0 Å². The van der Waals surface area contributed by atoms with E-state index in [9.17, 15) is 18.0 Å². The molecule has 7 heteroatoms. The minimum Gasteiger partial charge on any atom is -0.306 e. The molecule has 1 aromatic carbocycles. The van der Waals surface area contributed by atoms with Gasteiger partial charge in [-0.25, -0.2) is 4.79 Å². The summed E-state index contributed by atoms with van der Waals surface area (Å²) in [7, 11) is 0. The first-order chi connectivity index (χ1) is 9.21. The molecule has 0 amide bonds. The Balaban J connectivity index is 2.29. The lowest BCUT2D eigenvalue weighted by Gasteiger charge is -2.27. The Morgan fingerprint density at radius 1 is 1.30 bits per heavy atom. The van der Waals surface area contributed by atoms with Gasteiger partial charge in [-0.15, -0.1) is 19.8 Å². The lowest BCUT2D eigenvalue weighted by atomic mass is 9.96. The van der Waals surface area contributed by atoms with Gasteiger partial charge in [0.25, 0.3) is 0 Å². The molecular weight excluding hydrogens is 273 g/mol. The van der Waals surface area contributed by atoms with Crippen LogP contribution in [0.3, 0.4) is 0 Å². The first kappa shape index (κ1) is 14.4. The van der Waals surface area contributed by atoms with Gasteiger partial charge in [-0.05, 0) is 24.6 Å². The predicted octanol–water partition coefficient (Wildman–Crippen LogP) is 2.88. The van der Waals surface area contributed by atoms with Crippen molar-refractivity contribution in [3.8, 4) is 0 Å². The number of imidazole rings is 1. The lowest BCUT2D eigenvalue weighted by Crippen LogP contribution is -2.35. The molecule has 0 saturated heterocycles. The standard InChI is InChI=1S/C13H13F3N2O2/c1-3-12(2,20-13(14,15)16)7-8-4-5-9-10(6-8)18-11(19)17-9/h3-6H,1,7H2,2H3,(H2,17,18,19). The number of nitrogens with one attached hydrogen (secondary N) is 2. The Kier molecular flexibility index (Phi) is 3.47. The Morgan fingerprint density at radius 3 is 2.55 bits per heavy atom. The van der Waals surface area contributed by atoms with Gasteiger partial charge in [0.15, 0.2) is 0 Å². The minimum absolute atomic E-state index is 0.0147. The number of alkyl halides is 3. The molecular formula is C13H13F3N2O2. The molecule has 1 atom stereocenters. The molecule has 1 heterocycles. The molecule has 0 aliphatic rings. The second kappa shape index (κ2) is 4.82. The molecule has 4 nitrogen and oxygen atoms in total. The Bertz CT molecular complexity index is 687. The maximum absolute atomic E-state index is 12.4. The van der Waals surface area contributed by atoms with Crippen LogP contribution in [0.2, 0.25) is 0 Å². The van der Waals surface area contributed by atoms with Gasteiger partial charge in [0.05, 0.1) is 16.6 Å². The second-order valence-corrected chi connectivity index (χ2v) is 4.70. The zero-order valence-electron chi connectivity index (χ0n) is 10.7. The molecule has 0 saturated carbocycles. The highest BCUT2D eigenvalue weighted by Crippen LogP contribution is 2.29. The number of aromatic nitrogens is 2. The number of H-pyrrole nitrogens is 2. The minimum atomic E-state index is -4.74. The zero-order valence-corrected chi connectivity index (χ0v) is 10.7. The molecule has 1 unspecified atom stereocenters. The molecule has 0 radical (unpaired) electrons. The number of ether oxygens (including phenoxy) is 1. The van der Waals surface area contributed by atoms with Crippen molar-refractivity contribution in [3.05, 3.63) is 46.9 Å².